The second-order valence-electron chi connectivity index (χ2n) is 7.13. The molecule has 1 aromatic rings. The number of carboxylic acid groups (broad SMARTS) is 1. The molecule has 6 heteroatoms. The molecule has 1 aromatic carbocycles. The first-order chi connectivity index (χ1) is 11.5. The summed E-state index contributed by atoms with van der Waals surface area (Å²) >= 11 is 6.22. The monoisotopic (exact) mass is 349 g/mol. The van der Waals surface area contributed by atoms with Crippen LogP contribution in [0.3, 0.4) is 0 Å². The summed E-state index contributed by atoms with van der Waals surface area (Å²) in [4.78, 5) is 26.3. The number of carboxylic acids is 1. The molecule has 24 heavy (non-hydrogen) atoms. The SMILES string of the molecule is O=C(O)[C@H]1Cc2c(Cl)cccc2CN1C(=O)C1CC12CCOCC2. The van der Waals surface area contributed by atoms with Crippen LogP contribution in [0.5, 0.6) is 0 Å². The van der Waals surface area contributed by atoms with E-state index in [1.807, 2.05) is 12.1 Å². The van der Waals surface area contributed by atoms with Gasteiger partial charge in [0.1, 0.15) is 6.04 Å². The molecule has 3 aliphatic rings. The van der Waals surface area contributed by atoms with Crippen LogP contribution in [-0.2, 0) is 27.3 Å². The molecule has 2 atom stereocenters. The van der Waals surface area contributed by atoms with Crippen molar-refractivity contribution < 1.29 is 19.4 Å². The van der Waals surface area contributed by atoms with Crippen LogP contribution in [0.15, 0.2) is 18.2 Å². The Bertz CT molecular complexity index is 698. The van der Waals surface area contributed by atoms with Crippen molar-refractivity contribution in [3.8, 4) is 0 Å². The maximum Gasteiger partial charge on any atom is 0.326 e. The minimum absolute atomic E-state index is 0.0186. The van der Waals surface area contributed by atoms with E-state index in [2.05, 4.69) is 0 Å². The number of nitrogens with zero attached hydrogens (tertiary/aromatic N) is 1. The second-order valence-corrected chi connectivity index (χ2v) is 7.54. The number of aliphatic carboxylic acids is 1. The van der Waals surface area contributed by atoms with E-state index in [1.165, 1.54) is 0 Å². The first kappa shape index (κ1) is 15.9. The molecule has 1 unspecified atom stereocenters. The van der Waals surface area contributed by atoms with Crippen LogP contribution in [0.1, 0.15) is 30.4 Å². The van der Waals surface area contributed by atoms with Crippen molar-refractivity contribution in [3.63, 3.8) is 0 Å². The highest BCUT2D eigenvalue weighted by molar-refractivity contribution is 6.31. The third-order valence-corrected chi connectivity index (χ3v) is 6.23. The minimum atomic E-state index is -0.962. The average molecular weight is 350 g/mol. The van der Waals surface area contributed by atoms with Gasteiger partial charge >= 0.3 is 5.97 Å². The van der Waals surface area contributed by atoms with E-state index in [4.69, 9.17) is 16.3 Å². The van der Waals surface area contributed by atoms with Gasteiger partial charge < -0.3 is 14.7 Å². The van der Waals surface area contributed by atoms with Gasteiger partial charge in [-0.15, -0.1) is 0 Å². The van der Waals surface area contributed by atoms with E-state index < -0.39 is 12.0 Å². The topological polar surface area (TPSA) is 66.8 Å². The summed E-state index contributed by atoms with van der Waals surface area (Å²) in [7, 11) is 0. The Morgan fingerprint density at radius 3 is 2.75 bits per heavy atom. The quantitative estimate of drug-likeness (QED) is 0.890. The summed E-state index contributed by atoms with van der Waals surface area (Å²) in [5, 5.41) is 10.2. The van der Waals surface area contributed by atoms with E-state index in [9.17, 15) is 14.7 Å². The summed E-state index contributed by atoms with van der Waals surface area (Å²) in [6.07, 6.45) is 2.94. The van der Waals surface area contributed by atoms with Gasteiger partial charge in [-0.2, -0.15) is 0 Å². The lowest BCUT2D eigenvalue weighted by Gasteiger charge is -2.36. The van der Waals surface area contributed by atoms with E-state index in [1.54, 1.807) is 11.0 Å². The summed E-state index contributed by atoms with van der Waals surface area (Å²) in [5.41, 5.74) is 1.86. The fourth-order valence-electron chi connectivity index (χ4n) is 4.26. The number of hydrogen-bond acceptors (Lipinski definition) is 3. The zero-order chi connectivity index (χ0) is 16.9. The third-order valence-electron chi connectivity index (χ3n) is 5.87. The molecule has 2 heterocycles. The highest BCUT2D eigenvalue weighted by atomic mass is 35.5. The van der Waals surface area contributed by atoms with Gasteiger partial charge in [-0.1, -0.05) is 23.7 Å². The van der Waals surface area contributed by atoms with Crippen molar-refractivity contribution in [1.29, 1.82) is 0 Å². The summed E-state index contributed by atoms with van der Waals surface area (Å²) in [5.74, 6) is -1.03. The predicted octanol–water partition coefficient (Wildman–Crippen LogP) is 2.49. The molecule has 128 valence electrons. The number of rotatable bonds is 2. The van der Waals surface area contributed by atoms with Gasteiger partial charge in [-0.05, 0) is 41.9 Å². The maximum absolute atomic E-state index is 13.0. The van der Waals surface area contributed by atoms with Crippen molar-refractivity contribution in [2.45, 2.75) is 38.3 Å². The largest absolute Gasteiger partial charge is 0.480 e. The predicted molar refractivity (Wildman–Crippen MR) is 87.7 cm³/mol. The van der Waals surface area contributed by atoms with E-state index in [-0.39, 0.29) is 23.7 Å². The normalized spacial score (nSPS) is 27.6. The highest BCUT2D eigenvalue weighted by Gasteiger charge is 2.59. The van der Waals surface area contributed by atoms with Gasteiger partial charge in [0, 0.05) is 37.1 Å². The molecule has 2 aliphatic heterocycles. The van der Waals surface area contributed by atoms with Crippen LogP contribution >= 0.6 is 11.6 Å². The molecule has 5 nitrogen and oxygen atoms in total. The van der Waals surface area contributed by atoms with Crippen molar-refractivity contribution in [3.05, 3.63) is 34.3 Å². The number of carbonyl (C=O) groups is 2. The van der Waals surface area contributed by atoms with Gasteiger partial charge in [0.2, 0.25) is 5.91 Å². The van der Waals surface area contributed by atoms with Crippen molar-refractivity contribution in [2.75, 3.05) is 13.2 Å². The number of benzene rings is 1. The highest BCUT2D eigenvalue weighted by Crippen LogP contribution is 2.60. The van der Waals surface area contributed by atoms with Crippen molar-refractivity contribution in [2.24, 2.45) is 11.3 Å². The Labute approximate surface area is 145 Å². The molecule has 1 saturated heterocycles. The van der Waals surface area contributed by atoms with Crippen LogP contribution in [0.25, 0.3) is 0 Å². The van der Waals surface area contributed by atoms with Gasteiger partial charge in [0.15, 0.2) is 0 Å². The Hall–Kier alpha value is -1.59. The average Bonchev–Trinajstić information content (AvgIpc) is 3.27. The Balaban J connectivity index is 1.59. The number of hydrogen-bond donors (Lipinski definition) is 1. The zero-order valence-electron chi connectivity index (χ0n) is 13.3. The second kappa shape index (κ2) is 5.74. The molecule has 0 radical (unpaired) electrons. The molecule has 1 saturated carbocycles. The Kier molecular flexibility index (Phi) is 3.81. The number of fused-ring (bicyclic) bond motifs is 1. The third kappa shape index (κ3) is 2.50. The van der Waals surface area contributed by atoms with E-state index >= 15 is 0 Å². The molecule has 1 aliphatic carbocycles. The van der Waals surface area contributed by atoms with Crippen LogP contribution in [-0.4, -0.2) is 41.1 Å². The molecule has 2 fully saturated rings. The summed E-state index contributed by atoms with van der Waals surface area (Å²) in [6, 6.07) is 4.72. The molecule has 1 N–H and O–H groups in total. The standard InChI is InChI=1S/C18H20ClNO4/c19-14-3-1-2-11-10-20(15(17(22)23)8-12(11)14)16(21)13-9-18(13)4-6-24-7-5-18/h1-3,13,15H,4-10H2,(H,22,23)/t13?,15-/m1/s1. The zero-order valence-corrected chi connectivity index (χ0v) is 14.1. The molecule has 0 aromatic heterocycles. The number of amides is 1. The van der Waals surface area contributed by atoms with E-state index in [0.717, 1.165) is 30.4 Å². The molecule has 4 rings (SSSR count). The first-order valence-electron chi connectivity index (χ1n) is 8.39. The maximum atomic E-state index is 13.0. The van der Waals surface area contributed by atoms with Crippen molar-refractivity contribution in [1.82, 2.24) is 4.90 Å². The van der Waals surface area contributed by atoms with Crippen molar-refractivity contribution >= 4 is 23.5 Å². The Morgan fingerprint density at radius 1 is 1.29 bits per heavy atom. The lowest BCUT2D eigenvalue weighted by Crippen LogP contribution is -2.49. The number of halogens is 1. The van der Waals surface area contributed by atoms with E-state index in [0.29, 0.717) is 24.8 Å². The molecule has 0 bridgehead atoms. The fraction of sp³-hybridized carbons (Fsp3) is 0.556. The van der Waals surface area contributed by atoms with Gasteiger partial charge in [0.05, 0.1) is 0 Å². The van der Waals surface area contributed by atoms with Crippen LogP contribution in [0, 0.1) is 11.3 Å². The summed E-state index contributed by atoms with van der Waals surface area (Å²) < 4.78 is 5.40. The number of ether oxygens (including phenoxy) is 1. The van der Waals surface area contributed by atoms with Crippen LogP contribution in [0.4, 0.5) is 0 Å². The summed E-state index contributed by atoms with van der Waals surface area (Å²) in [6.45, 7) is 1.73. The van der Waals surface area contributed by atoms with Gasteiger partial charge in [0.25, 0.3) is 0 Å². The molecular formula is C18H20ClNO4. The van der Waals surface area contributed by atoms with Gasteiger partial charge in [-0.25, -0.2) is 4.79 Å². The van der Waals surface area contributed by atoms with Crippen LogP contribution < -0.4 is 0 Å². The Morgan fingerprint density at radius 2 is 2.04 bits per heavy atom. The lowest BCUT2D eigenvalue weighted by atomic mass is 9.91. The lowest BCUT2D eigenvalue weighted by molar-refractivity contribution is -0.152. The van der Waals surface area contributed by atoms with Gasteiger partial charge in [-0.3, -0.25) is 4.79 Å². The molecular weight excluding hydrogens is 330 g/mol. The molecule has 1 amide bonds. The molecule has 1 spiro atoms. The minimum Gasteiger partial charge on any atom is -0.480 e. The number of carbonyl (C=O) groups excluding carboxylic acids is 1. The fourth-order valence-corrected chi connectivity index (χ4v) is 4.53. The first-order valence-corrected chi connectivity index (χ1v) is 8.77. The smallest absolute Gasteiger partial charge is 0.326 e. The van der Waals surface area contributed by atoms with Crippen LogP contribution in [0.2, 0.25) is 5.02 Å².